The minimum absolute atomic E-state index is 0.254. The molecule has 1 amide bonds. The molecule has 0 atom stereocenters. The number of rotatable bonds is 14. The average Bonchev–Trinajstić information content (AvgIpc) is 2.74. The zero-order valence-electron chi connectivity index (χ0n) is 17.7. The van der Waals surface area contributed by atoms with Crippen molar-refractivity contribution in [2.24, 2.45) is 0 Å². The molecular formula is C22H36N2O5. The molecule has 0 unspecified atom stereocenters. The zero-order valence-corrected chi connectivity index (χ0v) is 17.7. The monoisotopic (exact) mass is 408 g/mol. The largest absolute Gasteiger partial charge is 0.492 e. The summed E-state index contributed by atoms with van der Waals surface area (Å²) in [6.45, 7) is 8.63. The number of ether oxygens (including phenoxy) is 4. The van der Waals surface area contributed by atoms with Crippen molar-refractivity contribution in [3.05, 3.63) is 24.3 Å². The maximum Gasteiger partial charge on any atom is 0.411 e. The summed E-state index contributed by atoms with van der Waals surface area (Å²) >= 11 is 0. The molecule has 1 heterocycles. The van der Waals surface area contributed by atoms with Crippen molar-refractivity contribution in [1.29, 1.82) is 0 Å². The number of morpholine rings is 1. The predicted octanol–water partition coefficient (Wildman–Crippen LogP) is 3.93. The third kappa shape index (κ3) is 11.1. The van der Waals surface area contributed by atoms with E-state index < -0.39 is 6.09 Å². The molecule has 0 aliphatic carbocycles. The van der Waals surface area contributed by atoms with Crippen molar-refractivity contribution in [1.82, 2.24) is 4.90 Å². The van der Waals surface area contributed by atoms with Gasteiger partial charge in [-0.25, -0.2) is 4.79 Å². The lowest BCUT2D eigenvalue weighted by atomic mass is 10.2. The van der Waals surface area contributed by atoms with Crippen LogP contribution in [0, 0.1) is 0 Å². The molecule has 29 heavy (non-hydrogen) atoms. The summed E-state index contributed by atoms with van der Waals surface area (Å²) in [5, 5.41) is 2.71. The number of hydrogen-bond donors (Lipinski definition) is 1. The molecule has 1 saturated heterocycles. The molecule has 1 fully saturated rings. The van der Waals surface area contributed by atoms with E-state index in [9.17, 15) is 4.79 Å². The van der Waals surface area contributed by atoms with Crippen molar-refractivity contribution >= 4 is 11.8 Å². The van der Waals surface area contributed by atoms with Gasteiger partial charge in [-0.05, 0) is 30.7 Å². The Morgan fingerprint density at radius 3 is 2.52 bits per heavy atom. The Kier molecular flexibility index (Phi) is 12.2. The van der Waals surface area contributed by atoms with Crippen LogP contribution in [0.4, 0.5) is 10.5 Å². The van der Waals surface area contributed by atoms with Crippen LogP contribution in [-0.4, -0.2) is 70.3 Å². The second-order valence-electron chi connectivity index (χ2n) is 7.11. The van der Waals surface area contributed by atoms with Gasteiger partial charge in [0.05, 0.1) is 19.8 Å². The third-order valence-corrected chi connectivity index (χ3v) is 4.73. The second-order valence-corrected chi connectivity index (χ2v) is 7.11. The molecule has 7 heteroatoms. The van der Waals surface area contributed by atoms with Gasteiger partial charge in [0.1, 0.15) is 19.0 Å². The Hall–Kier alpha value is -1.83. The first kappa shape index (κ1) is 23.4. The summed E-state index contributed by atoms with van der Waals surface area (Å²) in [4.78, 5) is 14.1. The fourth-order valence-electron chi connectivity index (χ4n) is 3.01. The van der Waals surface area contributed by atoms with Crippen LogP contribution in [0.3, 0.4) is 0 Å². The van der Waals surface area contributed by atoms with E-state index in [0.29, 0.717) is 18.9 Å². The smallest absolute Gasteiger partial charge is 0.411 e. The molecule has 1 aromatic carbocycles. The number of hydrogen-bond acceptors (Lipinski definition) is 6. The fourth-order valence-corrected chi connectivity index (χ4v) is 3.01. The number of unbranched alkanes of at least 4 members (excludes halogenated alkanes) is 4. The van der Waals surface area contributed by atoms with Gasteiger partial charge in [0.25, 0.3) is 0 Å². The highest BCUT2D eigenvalue weighted by Crippen LogP contribution is 2.16. The van der Waals surface area contributed by atoms with E-state index in [0.717, 1.165) is 51.6 Å². The van der Waals surface area contributed by atoms with Crippen molar-refractivity contribution in [2.75, 3.05) is 64.6 Å². The number of nitrogens with one attached hydrogen (secondary N) is 1. The van der Waals surface area contributed by atoms with Crippen LogP contribution in [0.2, 0.25) is 0 Å². The molecule has 0 bridgehead atoms. The lowest BCUT2D eigenvalue weighted by Crippen LogP contribution is -2.38. The Balaban J connectivity index is 1.50. The lowest BCUT2D eigenvalue weighted by Gasteiger charge is -2.26. The Morgan fingerprint density at radius 1 is 1.00 bits per heavy atom. The second kappa shape index (κ2) is 15.1. The van der Waals surface area contributed by atoms with Crippen LogP contribution in [0.25, 0.3) is 0 Å². The molecule has 0 spiro atoms. The molecule has 7 nitrogen and oxygen atoms in total. The number of anilines is 1. The standard InChI is InChI=1S/C22H36N2O5/c1-2-3-4-5-6-14-26-18-19-29-22(25)23-20-7-9-21(10-8-20)28-17-13-24-11-15-27-16-12-24/h7-10H,2-6,11-19H2,1H3,(H,23,25). The molecule has 0 radical (unpaired) electrons. The maximum atomic E-state index is 11.8. The van der Waals surface area contributed by atoms with E-state index in [-0.39, 0.29) is 6.61 Å². The van der Waals surface area contributed by atoms with Gasteiger partial charge in [0.2, 0.25) is 0 Å². The van der Waals surface area contributed by atoms with Crippen LogP contribution in [0.1, 0.15) is 39.0 Å². The van der Waals surface area contributed by atoms with E-state index in [1.807, 2.05) is 12.1 Å². The highest BCUT2D eigenvalue weighted by Gasteiger charge is 2.10. The lowest BCUT2D eigenvalue weighted by molar-refractivity contribution is 0.0322. The number of amides is 1. The molecule has 1 aliphatic rings. The van der Waals surface area contributed by atoms with E-state index in [1.165, 1.54) is 25.7 Å². The van der Waals surface area contributed by atoms with Crippen LogP contribution >= 0.6 is 0 Å². The normalized spacial score (nSPS) is 14.5. The van der Waals surface area contributed by atoms with Crippen molar-refractivity contribution < 1.29 is 23.7 Å². The Labute approximate surface area is 174 Å². The third-order valence-electron chi connectivity index (χ3n) is 4.73. The number of benzene rings is 1. The summed E-state index contributed by atoms with van der Waals surface area (Å²) in [6, 6.07) is 7.30. The van der Waals surface area contributed by atoms with E-state index in [4.69, 9.17) is 18.9 Å². The van der Waals surface area contributed by atoms with Crippen molar-refractivity contribution in [3.8, 4) is 5.75 Å². The summed E-state index contributed by atoms with van der Waals surface area (Å²) in [7, 11) is 0. The first-order valence-electron chi connectivity index (χ1n) is 10.8. The van der Waals surface area contributed by atoms with Crippen LogP contribution < -0.4 is 10.1 Å². The molecule has 0 saturated carbocycles. The molecule has 1 N–H and O–H groups in total. The summed E-state index contributed by atoms with van der Waals surface area (Å²) in [5.41, 5.74) is 0.673. The SMILES string of the molecule is CCCCCCCOCCOC(=O)Nc1ccc(OCCN2CCOCC2)cc1. The van der Waals surface area contributed by atoms with Gasteiger partial charge in [0.15, 0.2) is 0 Å². The van der Waals surface area contributed by atoms with Gasteiger partial charge in [-0.3, -0.25) is 10.2 Å². The van der Waals surface area contributed by atoms with Crippen LogP contribution in [-0.2, 0) is 14.2 Å². The van der Waals surface area contributed by atoms with E-state index >= 15 is 0 Å². The summed E-state index contributed by atoms with van der Waals surface area (Å²) in [6.07, 6.45) is 5.57. The van der Waals surface area contributed by atoms with Crippen LogP contribution in [0.5, 0.6) is 5.75 Å². The number of carbonyl (C=O) groups excluding carboxylic acids is 1. The highest BCUT2D eigenvalue weighted by molar-refractivity contribution is 5.84. The quantitative estimate of drug-likeness (QED) is 0.470. The molecule has 1 aromatic rings. The molecule has 0 aromatic heterocycles. The first-order valence-corrected chi connectivity index (χ1v) is 10.8. The average molecular weight is 409 g/mol. The van der Waals surface area contributed by atoms with Crippen LogP contribution in [0.15, 0.2) is 24.3 Å². The highest BCUT2D eigenvalue weighted by atomic mass is 16.6. The Morgan fingerprint density at radius 2 is 1.76 bits per heavy atom. The van der Waals surface area contributed by atoms with Crippen molar-refractivity contribution in [3.63, 3.8) is 0 Å². The Bertz CT molecular complexity index is 547. The number of carbonyl (C=O) groups is 1. The topological polar surface area (TPSA) is 69.3 Å². The molecule has 164 valence electrons. The maximum absolute atomic E-state index is 11.8. The molecule has 1 aliphatic heterocycles. The summed E-state index contributed by atoms with van der Waals surface area (Å²) < 4.78 is 21.7. The van der Waals surface area contributed by atoms with Crippen molar-refractivity contribution in [2.45, 2.75) is 39.0 Å². The van der Waals surface area contributed by atoms with Gasteiger partial charge in [-0.2, -0.15) is 0 Å². The van der Waals surface area contributed by atoms with E-state index in [1.54, 1.807) is 12.1 Å². The minimum Gasteiger partial charge on any atom is -0.492 e. The summed E-state index contributed by atoms with van der Waals surface area (Å²) in [5.74, 6) is 0.782. The van der Waals surface area contributed by atoms with Gasteiger partial charge < -0.3 is 18.9 Å². The molecular weight excluding hydrogens is 372 g/mol. The molecule has 2 rings (SSSR count). The van der Waals surface area contributed by atoms with Gasteiger partial charge in [0, 0.05) is 31.9 Å². The van der Waals surface area contributed by atoms with Gasteiger partial charge in [-0.15, -0.1) is 0 Å². The van der Waals surface area contributed by atoms with Gasteiger partial charge in [-0.1, -0.05) is 32.6 Å². The van der Waals surface area contributed by atoms with Gasteiger partial charge >= 0.3 is 6.09 Å². The minimum atomic E-state index is -0.475. The predicted molar refractivity (Wildman–Crippen MR) is 114 cm³/mol. The van der Waals surface area contributed by atoms with E-state index in [2.05, 4.69) is 17.1 Å². The first-order chi connectivity index (χ1) is 14.3. The number of nitrogens with zero attached hydrogens (tertiary/aromatic N) is 1. The zero-order chi connectivity index (χ0) is 20.6. The fraction of sp³-hybridized carbons (Fsp3) is 0.682.